The van der Waals surface area contributed by atoms with Gasteiger partial charge >= 0.3 is 6.09 Å². The molecule has 9 heteroatoms. The molecule has 2 unspecified atom stereocenters. The number of benzene rings is 2. The predicted molar refractivity (Wildman–Crippen MR) is 110 cm³/mol. The summed E-state index contributed by atoms with van der Waals surface area (Å²) in [6.45, 7) is 1.18. The van der Waals surface area contributed by atoms with Gasteiger partial charge in [0, 0.05) is 27.7 Å². The van der Waals surface area contributed by atoms with Crippen molar-refractivity contribution >= 4 is 33.6 Å². The van der Waals surface area contributed by atoms with E-state index in [-0.39, 0.29) is 6.61 Å². The van der Waals surface area contributed by atoms with Crippen molar-refractivity contribution in [2.75, 3.05) is 25.1 Å². The minimum atomic E-state index is -1.69. The first-order chi connectivity index (χ1) is 13.8. The Morgan fingerprint density at radius 3 is 2.59 bits per heavy atom. The van der Waals surface area contributed by atoms with Gasteiger partial charge in [-0.15, -0.1) is 0 Å². The van der Waals surface area contributed by atoms with Crippen molar-refractivity contribution in [3.63, 3.8) is 0 Å². The number of hydrogen-bond acceptors (Lipinski definition) is 5. The van der Waals surface area contributed by atoms with Crippen LogP contribution in [0.25, 0.3) is 0 Å². The van der Waals surface area contributed by atoms with E-state index in [0.29, 0.717) is 21.3 Å². The lowest BCUT2D eigenvalue weighted by Gasteiger charge is -2.35. The molecule has 2 atom stereocenters. The number of para-hydroxylation sites is 1. The van der Waals surface area contributed by atoms with Gasteiger partial charge in [-0.3, -0.25) is 14.9 Å². The van der Waals surface area contributed by atoms with Crippen LogP contribution in [0.4, 0.5) is 10.5 Å². The first kappa shape index (κ1) is 20.8. The molecule has 0 bridgehead atoms. The van der Waals surface area contributed by atoms with E-state index in [1.54, 1.807) is 62.5 Å². The molecule has 0 saturated carbocycles. The third kappa shape index (κ3) is 3.57. The first-order valence-electron chi connectivity index (χ1n) is 9.01. The maximum atomic E-state index is 13.5. The zero-order chi connectivity index (χ0) is 21.2. The number of halogens is 1. The number of hydrogen-bond donors (Lipinski definition) is 1. The fourth-order valence-electron chi connectivity index (χ4n) is 3.84. The standard InChI is InChI=1S/C20H20BrN3O5/c1-3-29-19(26)22-20(14-9-5-7-11-17(14)23(2)18(20)25)15(12-24(27)28)13-8-4-6-10-16(13)21/h4-11,15H,3,12H2,1-2H3,(H,22,26). The van der Waals surface area contributed by atoms with E-state index < -0.39 is 34.9 Å². The summed E-state index contributed by atoms with van der Waals surface area (Å²) in [6, 6.07) is 13.9. The topological polar surface area (TPSA) is 102 Å². The molecule has 3 rings (SSSR count). The largest absolute Gasteiger partial charge is 0.450 e. The van der Waals surface area contributed by atoms with Gasteiger partial charge in [0.25, 0.3) is 5.91 Å². The lowest BCUT2D eigenvalue weighted by molar-refractivity contribution is -0.485. The molecule has 2 aromatic rings. The zero-order valence-electron chi connectivity index (χ0n) is 15.9. The smallest absolute Gasteiger partial charge is 0.408 e. The number of alkyl carbamates (subject to hydrolysis) is 1. The Labute approximate surface area is 176 Å². The quantitative estimate of drug-likeness (QED) is 0.524. The molecule has 0 aromatic heterocycles. The van der Waals surface area contributed by atoms with Crippen molar-refractivity contribution in [1.82, 2.24) is 5.32 Å². The Bertz CT molecular complexity index is 967. The Balaban J connectivity index is 2.29. The molecule has 1 N–H and O–H groups in total. The van der Waals surface area contributed by atoms with Crippen molar-refractivity contribution in [1.29, 1.82) is 0 Å². The van der Waals surface area contributed by atoms with Crippen molar-refractivity contribution in [3.8, 4) is 0 Å². The molecule has 0 saturated heterocycles. The summed E-state index contributed by atoms with van der Waals surface area (Å²) in [5.74, 6) is -1.44. The van der Waals surface area contributed by atoms with Crippen LogP contribution < -0.4 is 10.2 Å². The predicted octanol–water partition coefficient (Wildman–Crippen LogP) is 3.43. The van der Waals surface area contributed by atoms with Gasteiger partial charge < -0.3 is 15.0 Å². The number of carbonyl (C=O) groups excluding carboxylic acids is 2. The van der Waals surface area contributed by atoms with Crippen molar-refractivity contribution < 1.29 is 19.2 Å². The highest BCUT2D eigenvalue weighted by Gasteiger charge is 2.58. The molecule has 0 radical (unpaired) electrons. The number of nitrogens with one attached hydrogen (secondary N) is 1. The van der Waals surface area contributed by atoms with Crippen LogP contribution in [0.2, 0.25) is 0 Å². The molecule has 2 aromatic carbocycles. The van der Waals surface area contributed by atoms with E-state index in [4.69, 9.17) is 4.74 Å². The minimum absolute atomic E-state index is 0.0997. The normalized spacial score (nSPS) is 18.9. The highest BCUT2D eigenvalue weighted by molar-refractivity contribution is 9.10. The van der Waals surface area contributed by atoms with Gasteiger partial charge in [0.05, 0.1) is 12.5 Å². The lowest BCUT2D eigenvalue weighted by atomic mass is 9.75. The van der Waals surface area contributed by atoms with E-state index in [1.165, 1.54) is 4.90 Å². The van der Waals surface area contributed by atoms with Gasteiger partial charge in [-0.25, -0.2) is 4.79 Å². The molecule has 1 aliphatic heterocycles. The van der Waals surface area contributed by atoms with Crippen LogP contribution in [0.1, 0.15) is 24.0 Å². The molecular weight excluding hydrogens is 442 g/mol. The maximum Gasteiger partial charge on any atom is 0.408 e. The molecule has 8 nitrogen and oxygen atoms in total. The summed E-state index contributed by atoms with van der Waals surface area (Å²) in [7, 11) is 1.58. The van der Waals surface area contributed by atoms with Crippen molar-refractivity contribution in [2.45, 2.75) is 18.4 Å². The summed E-state index contributed by atoms with van der Waals surface area (Å²) in [5.41, 5.74) is -0.0774. The van der Waals surface area contributed by atoms with Gasteiger partial charge in [-0.05, 0) is 24.6 Å². The second kappa shape index (κ2) is 8.20. The van der Waals surface area contributed by atoms with Crippen LogP contribution in [-0.2, 0) is 15.1 Å². The molecule has 0 aliphatic carbocycles. The fourth-order valence-corrected chi connectivity index (χ4v) is 4.40. The maximum absolute atomic E-state index is 13.5. The average molecular weight is 462 g/mol. The van der Waals surface area contributed by atoms with E-state index >= 15 is 0 Å². The molecule has 1 aliphatic rings. The van der Waals surface area contributed by atoms with Crippen LogP contribution in [0.3, 0.4) is 0 Å². The van der Waals surface area contributed by atoms with E-state index in [0.717, 1.165) is 0 Å². The molecule has 0 fully saturated rings. The molecule has 2 amide bonds. The van der Waals surface area contributed by atoms with Gasteiger partial charge in [0.15, 0.2) is 5.54 Å². The molecule has 152 valence electrons. The number of likely N-dealkylation sites (N-methyl/N-ethyl adjacent to an activating group) is 1. The summed E-state index contributed by atoms with van der Waals surface area (Å²) < 4.78 is 5.65. The number of nitrogens with zero attached hydrogens (tertiary/aromatic N) is 2. The molecule has 29 heavy (non-hydrogen) atoms. The number of amides is 2. The van der Waals surface area contributed by atoms with E-state index in [9.17, 15) is 19.7 Å². The summed E-state index contributed by atoms with van der Waals surface area (Å²) in [6.07, 6.45) is -0.814. The molecule has 1 heterocycles. The summed E-state index contributed by atoms with van der Waals surface area (Å²) in [5, 5.41) is 14.3. The number of rotatable bonds is 6. The van der Waals surface area contributed by atoms with Crippen LogP contribution >= 0.6 is 15.9 Å². The molecular formula is C20H20BrN3O5. The molecule has 0 spiro atoms. The second-order valence-corrected chi connectivity index (χ2v) is 7.48. The van der Waals surface area contributed by atoms with Gasteiger partial charge in [0.1, 0.15) is 0 Å². The van der Waals surface area contributed by atoms with Crippen LogP contribution in [0.5, 0.6) is 0 Å². The fraction of sp³-hybridized carbons (Fsp3) is 0.300. The number of nitro groups is 1. The number of ether oxygens (including phenoxy) is 1. The van der Waals surface area contributed by atoms with Crippen molar-refractivity contribution in [2.24, 2.45) is 0 Å². The van der Waals surface area contributed by atoms with Crippen molar-refractivity contribution in [3.05, 3.63) is 74.2 Å². The highest BCUT2D eigenvalue weighted by atomic mass is 79.9. The van der Waals surface area contributed by atoms with Crippen LogP contribution in [0, 0.1) is 10.1 Å². The zero-order valence-corrected chi connectivity index (χ0v) is 17.5. The number of fused-ring (bicyclic) bond motifs is 1. The lowest BCUT2D eigenvalue weighted by Crippen LogP contribution is -2.57. The number of carbonyl (C=O) groups is 2. The third-order valence-corrected chi connectivity index (χ3v) is 5.76. The highest BCUT2D eigenvalue weighted by Crippen LogP contribution is 2.49. The average Bonchev–Trinajstić information content (AvgIpc) is 2.90. The van der Waals surface area contributed by atoms with Gasteiger partial charge in [-0.2, -0.15) is 0 Å². The SMILES string of the molecule is CCOC(=O)NC1(C(C[N+](=O)[O-])c2ccccc2Br)C(=O)N(C)c2ccccc21. The monoisotopic (exact) mass is 461 g/mol. The Kier molecular flexibility index (Phi) is 5.88. The van der Waals surface area contributed by atoms with Crippen LogP contribution in [-0.4, -0.2) is 37.1 Å². The Morgan fingerprint density at radius 2 is 1.93 bits per heavy atom. The van der Waals surface area contributed by atoms with Gasteiger partial charge in [-0.1, -0.05) is 52.3 Å². The third-order valence-electron chi connectivity index (χ3n) is 5.04. The minimum Gasteiger partial charge on any atom is -0.450 e. The first-order valence-corrected chi connectivity index (χ1v) is 9.81. The summed E-state index contributed by atoms with van der Waals surface area (Å²) >= 11 is 3.44. The van der Waals surface area contributed by atoms with Gasteiger partial charge in [0.2, 0.25) is 6.54 Å². The van der Waals surface area contributed by atoms with Crippen LogP contribution in [0.15, 0.2) is 53.0 Å². The second-order valence-electron chi connectivity index (χ2n) is 6.62. The van der Waals surface area contributed by atoms with E-state index in [2.05, 4.69) is 21.2 Å². The number of anilines is 1. The van der Waals surface area contributed by atoms with E-state index in [1.807, 2.05) is 0 Å². The Morgan fingerprint density at radius 1 is 1.28 bits per heavy atom. The Hall–Kier alpha value is -2.94. The summed E-state index contributed by atoms with van der Waals surface area (Å²) in [4.78, 5) is 38.6.